The fourth-order valence-corrected chi connectivity index (χ4v) is 7.67. The second-order valence-electron chi connectivity index (χ2n) is 13.0. The number of hydrogen-bond donors (Lipinski definition) is 2. The summed E-state index contributed by atoms with van der Waals surface area (Å²) in [6, 6.07) is 52.3. The van der Waals surface area contributed by atoms with Gasteiger partial charge in [0.05, 0.1) is 6.04 Å². The minimum Gasteiger partial charge on any atom is -0.455 e. The van der Waals surface area contributed by atoms with E-state index in [-0.39, 0.29) is 12.2 Å². The molecule has 0 spiro atoms. The number of allylic oxidation sites excluding steroid dienone is 2. The summed E-state index contributed by atoms with van der Waals surface area (Å²) >= 11 is 0. The molecular formula is C46H32N2O. The average molecular weight is 629 g/mol. The van der Waals surface area contributed by atoms with Crippen molar-refractivity contribution in [1.29, 1.82) is 0 Å². The fraction of sp³-hybridized carbons (Fsp3) is 0.0435. The highest BCUT2D eigenvalue weighted by molar-refractivity contribution is 6.15. The lowest BCUT2D eigenvalue weighted by Crippen LogP contribution is -2.45. The minimum atomic E-state index is -0.140. The maximum atomic E-state index is 6.87. The van der Waals surface area contributed by atoms with Crippen molar-refractivity contribution >= 4 is 49.2 Å². The molecule has 2 unspecified atom stereocenters. The molecule has 2 N–H and O–H groups in total. The van der Waals surface area contributed by atoms with Crippen molar-refractivity contribution in [2.24, 2.45) is 0 Å². The van der Waals surface area contributed by atoms with Crippen molar-refractivity contribution in [3.63, 3.8) is 0 Å². The van der Waals surface area contributed by atoms with Gasteiger partial charge in [0, 0.05) is 27.6 Å². The van der Waals surface area contributed by atoms with E-state index in [2.05, 4.69) is 181 Å². The monoisotopic (exact) mass is 628 g/mol. The van der Waals surface area contributed by atoms with Crippen LogP contribution >= 0.6 is 0 Å². The molecule has 3 nitrogen and oxygen atoms in total. The van der Waals surface area contributed by atoms with Crippen LogP contribution in [0.1, 0.15) is 17.3 Å². The molecule has 0 saturated heterocycles. The van der Waals surface area contributed by atoms with E-state index < -0.39 is 0 Å². The molecular weight excluding hydrogens is 597 g/mol. The number of nitrogens with one attached hydrogen (secondary N) is 2. The van der Waals surface area contributed by atoms with E-state index in [9.17, 15) is 0 Å². The van der Waals surface area contributed by atoms with E-state index in [1.54, 1.807) is 0 Å². The van der Waals surface area contributed by atoms with Crippen LogP contribution in [0.25, 0.3) is 71.4 Å². The lowest BCUT2D eigenvalue weighted by molar-refractivity contribution is 0.462. The van der Waals surface area contributed by atoms with Crippen LogP contribution in [0.5, 0.6) is 0 Å². The summed E-state index contributed by atoms with van der Waals surface area (Å²) in [5, 5.41) is 14.9. The Labute approximate surface area is 284 Å². The highest BCUT2D eigenvalue weighted by atomic mass is 16.3. The molecule has 10 rings (SSSR count). The molecule has 2 heterocycles. The Morgan fingerprint density at radius 1 is 0.531 bits per heavy atom. The van der Waals surface area contributed by atoms with Crippen LogP contribution in [0.15, 0.2) is 180 Å². The van der Waals surface area contributed by atoms with Crippen LogP contribution in [0.3, 0.4) is 0 Å². The highest BCUT2D eigenvalue weighted by Crippen LogP contribution is 2.43. The van der Waals surface area contributed by atoms with Crippen molar-refractivity contribution in [1.82, 2.24) is 10.6 Å². The Bertz CT molecular complexity index is 2660. The molecule has 0 bridgehead atoms. The first-order valence-corrected chi connectivity index (χ1v) is 16.9. The first-order chi connectivity index (χ1) is 24.3. The van der Waals surface area contributed by atoms with Gasteiger partial charge in [-0.2, -0.15) is 0 Å². The second-order valence-corrected chi connectivity index (χ2v) is 13.0. The van der Waals surface area contributed by atoms with Crippen molar-refractivity contribution < 1.29 is 4.42 Å². The van der Waals surface area contributed by atoms with E-state index in [0.29, 0.717) is 0 Å². The van der Waals surface area contributed by atoms with E-state index in [1.165, 1.54) is 43.8 Å². The zero-order valence-electron chi connectivity index (χ0n) is 26.7. The molecule has 3 heteroatoms. The molecule has 0 fully saturated rings. The Kier molecular flexibility index (Phi) is 6.39. The van der Waals surface area contributed by atoms with Crippen LogP contribution in [0.4, 0.5) is 0 Å². The summed E-state index contributed by atoms with van der Waals surface area (Å²) in [6.45, 7) is 0. The zero-order valence-corrected chi connectivity index (χ0v) is 26.7. The Morgan fingerprint density at radius 3 is 2.04 bits per heavy atom. The van der Waals surface area contributed by atoms with Crippen LogP contribution in [0, 0.1) is 0 Å². The third kappa shape index (κ3) is 4.70. The SMILES string of the molecule is C1=CC2=C(c3ccccc3)NC(c3ccc(-c4ccc(-c5ccc6ccccc6c5)cc4)c4oc5cc6ccccc6cc5c34)NC2C=C1. The Hall–Kier alpha value is -6.16. The number of furan rings is 1. The van der Waals surface area contributed by atoms with Gasteiger partial charge in [-0.25, -0.2) is 0 Å². The van der Waals surface area contributed by atoms with Crippen molar-refractivity contribution in [2.75, 3.05) is 0 Å². The number of fused-ring (bicyclic) bond motifs is 6. The van der Waals surface area contributed by atoms with Crippen molar-refractivity contribution in [2.45, 2.75) is 12.2 Å². The molecule has 49 heavy (non-hydrogen) atoms. The number of benzene rings is 7. The first kappa shape index (κ1) is 27.9. The van der Waals surface area contributed by atoms with Gasteiger partial charge in [-0.1, -0.05) is 152 Å². The zero-order chi connectivity index (χ0) is 32.3. The van der Waals surface area contributed by atoms with Gasteiger partial charge in [-0.15, -0.1) is 0 Å². The number of rotatable bonds is 4. The standard InChI is InChI=1S/C46H32N2O/c1-2-11-32(12-3-1)44-38-16-8-9-17-41(38)47-46(48-44)39-25-24-37(45-43(39)40-27-34-14-6-7-15-35(34)28-42(40)49-45)31-21-18-30(19-22-31)36-23-20-29-10-4-5-13-33(29)26-36/h1-28,41,46-48H. The lowest BCUT2D eigenvalue weighted by Gasteiger charge is -2.36. The van der Waals surface area contributed by atoms with Gasteiger partial charge in [0.2, 0.25) is 0 Å². The summed E-state index contributed by atoms with van der Waals surface area (Å²) < 4.78 is 6.87. The smallest absolute Gasteiger partial charge is 0.143 e. The van der Waals surface area contributed by atoms with Crippen LogP contribution in [-0.4, -0.2) is 6.04 Å². The first-order valence-electron chi connectivity index (χ1n) is 16.9. The number of hydrogen-bond acceptors (Lipinski definition) is 3. The molecule has 0 amide bonds. The average Bonchev–Trinajstić information content (AvgIpc) is 3.54. The van der Waals surface area contributed by atoms with Gasteiger partial charge in [0.25, 0.3) is 0 Å². The maximum absolute atomic E-state index is 6.87. The van der Waals surface area contributed by atoms with Gasteiger partial charge in [-0.05, 0) is 67.6 Å². The summed E-state index contributed by atoms with van der Waals surface area (Å²) in [5.74, 6) is 0. The summed E-state index contributed by atoms with van der Waals surface area (Å²) in [4.78, 5) is 0. The van der Waals surface area contributed by atoms with Crippen LogP contribution in [0.2, 0.25) is 0 Å². The second kappa shape index (κ2) is 11.2. The molecule has 2 atom stereocenters. The maximum Gasteiger partial charge on any atom is 0.143 e. The predicted octanol–water partition coefficient (Wildman–Crippen LogP) is 11.3. The van der Waals surface area contributed by atoms with Gasteiger partial charge in [-0.3, -0.25) is 5.32 Å². The van der Waals surface area contributed by atoms with Gasteiger partial charge < -0.3 is 9.73 Å². The molecule has 8 aromatic rings. The van der Waals surface area contributed by atoms with Gasteiger partial charge >= 0.3 is 0 Å². The molecule has 1 aromatic heterocycles. The van der Waals surface area contributed by atoms with E-state index in [0.717, 1.165) is 44.3 Å². The molecule has 1 aliphatic heterocycles. The van der Waals surface area contributed by atoms with E-state index in [4.69, 9.17) is 4.42 Å². The quantitative estimate of drug-likeness (QED) is 0.204. The van der Waals surface area contributed by atoms with Crippen molar-refractivity contribution in [3.05, 3.63) is 187 Å². The third-order valence-electron chi connectivity index (χ3n) is 10.1. The largest absolute Gasteiger partial charge is 0.455 e. The Balaban J connectivity index is 1.13. The highest BCUT2D eigenvalue weighted by Gasteiger charge is 2.30. The van der Waals surface area contributed by atoms with Crippen LogP contribution in [-0.2, 0) is 0 Å². The Morgan fingerprint density at radius 2 is 1.22 bits per heavy atom. The normalized spacial score (nSPS) is 17.2. The summed E-state index contributed by atoms with van der Waals surface area (Å²) in [7, 11) is 0. The van der Waals surface area contributed by atoms with Gasteiger partial charge in [0.1, 0.15) is 17.3 Å². The molecule has 2 aliphatic rings. The molecule has 0 radical (unpaired) electrons. The van der Waals surface area contributed by atoms with Crippen LogP contribution < -0.4 is 10.6 Å². The van der Waals surface area contributed by atoms with E-state index in [1.807, 2.05) is 0 Å². The van der Waals surface area contributed by atoms with Crippen molar-refractivity contribution in [3.8, 4) is 22.3 Å². The lowest BCUT2D eigenvalue weighted by atomic mass is 9.90. The van der Waals surface area contributed by atoms with Gasteiger partial charge in [0.15, 0.2) is 0 Å². The third-order valence-corrected chi connectivity index (χ3v) is 10.1. The summed E-state index contributed by atoms with van der Waals surface area (Å²) in [6.07, 6.45) is 8.56. The molecule has 1 aliphatic carbocycles. The molecule has 232 valence electrons. The minimum absolute atomic E-state index is 0.0860. The topological polar surface area (TPSA) is 37.2 Å². The summed E-state index contributed by atoms with van der Waals surface area (Å²) in [5.41, 5.74) is 11.1. The molecule has 0 saturated carbocycles. The fourth-order valence-electron chi connectivity index (χ4n) is 7.67. The molecule has 7 aromatic carbocycles. The van der Waals surface area contributed by atoms with E-state index >= 15 is 0 Å². The predicted molar refractivity (Wildman–Crippen MR) is 204 cm³/mol.